The molecule has 0 aromatic heterocycles. The first-order valence-electron chi connectivity index (χ1n) is 8.26. The Hall–Kier alpha value is -2.13. The third-order valence-electron chi connectivity index (χ3n) is 4.03. The highest BCUT2D eigenvalue weighted by molar-refractivity contribution is 5.83. The van der Waals surface area contributed by atoms with Crippen LogP contribution in [0, 0.1) is 6.92 Å². The summed E-state index contributed by atoms with van der Waals surface area (Å²) in [4.78, 5) is 12.5. The lowest BCUT2D eigenvalue weighted by Crippen LogP contribution is -2.41. The van der Waals surface area contributed by atoms with Gasteiger partial charge in [-0.15, -0.1) is 0 Å². The van der Waals surface area contributed by atoms with Gasteiger partial charge >= 0.3 is 0 Å². The van der Waals surface area contributed by atoms with Gasteiger partial charge in [-0.25, -0.2) is 0 Å². The molecule has 2 atom stereocenters. The van der Waals surface area contributed by atoms with Crippen molar-refractivity contribution in [1.29, 1.82) is 0 Å². The second-order valence-corrected chi connectivity index (χ2v) is 6.07. The van der Waals surface area contributed by atoms with Crippen molar-refractivity contribution >= 4 is 5.91 Å². The highest BCUT2D eigenvalue weighted by atomic mass is 16.2. The molecule has 3 heteroatoms. The first-order chi connectivity index (χ1) is 11.1. The van der Waals surface area contributed by atoms with Gasteiger partial charge in [0.25, 0.3) is 0 Å². The molecule has 2 aromatic carbocycles. The fourth-order valence-electron chi connectivity index (χ4n) is 2.69. The number of hydrogen-bond donors (Lipinski definition) is 2. The highest BCUT2D eigenvalue weighted by Crippen LogP contribution is 2.13. The first-order valence-corrected chi connectivity index (χ1v) is 8.26. The molecule has 1 amide bonds. The van der Waals surface area contributed by atoms with Crippen LogP contribution >= 0.6 is 0 Å². The van der Waals surface area contributed by atoms with Gasteiger partial charge in [0.2, 0.25) is 5.91 Å². The Morgan fingerprint density at radius 1 is 1.09 bits per heavy atom. The summed E-state index contributed by atoms with van der Waals surface area (Å²) in [5, 5.41) is 3.12. The Balaban J connectivity index is 2.00. The minimum Gasteiger partial charge on any atom is -0.351 e. The number of nitrogens with one attached hydrogen (secondary N) is 1. The Morgan fingerprint density at radius 3 is 2.35 bits per heavy atom. The van der Waals surface area contributed by atoms with E-state index in [1.807, 2.05) is 49.4 Å². The van der Waals surface area contributed by atoms with Crippen LogP contribution in [0.25, 0.3) is 0 Å². The topological polar surface area (TPSA) is 55.1 Å². The molecule has 0 radical (unpaired) electrons. The van der Waals surface area contributed by atoms with Crippen molar-refractivity contribution in [2.45, 2.75) is 45.2 Å². The highest BCUT2D eigenvalue weighted by Gasteiger charge is 2.19. The molecule has 0 aliphatic rings. The number of rotatable bonds is 7. The molecule has 0 saturated carbocycles. The summed E-state index contributed by atoms with van der Waals surface area (Å²) in [7, 11) is 0. The molecule has 0 fully saturated rings. The predicted octanol–water partition coefficient (Wildman–Crippen LogP) is 3.52. The molecule has 0 aliphatic carbocycles. The molecule has 2 aromatic rings. The Morgan fingerprint density at radius 2 is 1.74 bits per heavy atom. The number of carbonyl (C=O) groups is 1. The first kappa shape index (κ1) is 17.2. The third kappa shape index (κ3) is 5.22. The van der Waals surface area contributed by atoms with Crippen molar-refractivity contribution < 1.29 is 4.79 Å². The lowest BCUT2D eigenvalue weighted by Gasteiger charge is -2.21. The van der Waals surface area contributed by atoms with Crippen molar-refractivity contribution in [3.8, 4) is 0 Å². The standard InChI is InChI=1S/C20H26N2O/c1-3-7-18(14-16-8-5-4-6-9-16)22-20(23)19(21)17-12-10-15(2)11-13-17/h4-6,8-13,18-19H,3,7,14,21H2,1-2H3,(H,22,23). The normalized spacial score (nSPS) is 13.3. The molecule has 0 heterocycles. The summed E-state index contributed by atoms with van der Waals surface area (Å²) in [6, 6.07) is 17.5. The van der Waals surface area contributed by atoms with Gasteiger partial charge in [-0.2, -0.15) is 0 Å². The van der Waals surface area contributed by atoms with Gasteiger partial charge in [0.1, 0.15) is 6.04 Å². The van der Waals surface area contributed by atoms with Crippen LogP contribution in [-0.4, -0.2) is 11.9 Å². The zero-order valence-electron chi connectivity index (χ0n) is 14.0. The maximum absolute atomic E-state index is 12.5. The minimum absolute atomic E-state index is 0.108. The van der Waals surface area contributed by atoms with Crippen molar-refractivity contribution in [3.63, 3.8) is 0 Å². The van der Waals surface area contributed by atoms with Gasteiger partial charge in [-0.1, -0.05) is 73.5 Å². The van der Waals surface area contributed by atoms with E-state index in [0.717, 1.165) is 30.4 Å². The molecule has 3 N–H and O–H groups in total. The molecule has 0 spiro atoms. The molecule has 122 valence electrons. The van der Waals surface area contributed by atoms with Crippen LogP contribution in [0.2, 0.25) is 0 Å². The quantitative estimate of drug-likeness (QED) is 0.822. The Kier molecular flexibility index (Phi) is 6.36. The van der Waals surface area contributed by atoms with Gasteiger partial charge in [-0.3, -0.25) is 4.79 Å². The number of benzene rings is 2. The smallest absolute Gasteiger partial charge is 0.241 e. The SMILES string of the molecule is CCCC(Cc1ccccc1)NC(=O)C(N)c1ccc(C)cc1. The molecule has 23 heavy (non-hydrogen) atoms. The van der Waals surface area contributed by atoms with Gasteiger partial charge < -0.3 is 11.1 Å². The maximum atomic E-state index is 12.5. The van der Waals surface area contributed by atoms with Gasteiger partial charge in [0, 0.05) is 6.04 Å². The van der Waals surface area contributed by atoms with Gasteiger partial charge in [0.15, 0.2) is 0 Å². The van der Waals surface area contributed by atoms with E-state index in [4.69, 9.17) is 5.73 Å². The zero-order valence-corrected chi connectivity index (χ0v) is 14.0. The van der Waals surface area contributed by atoms with Gasteiger partial charge in [-0.05, 0) is 30.9 Å². The third-order valence-corrected chi connectivity index (χ3v) is 4.03. The lowest BCUT2D eigenvalue weighted by molar-refractivity contribution is -0.123. The van der Waals surface area contributed by atoms with E-state index >= 15 is 0 Å². The van der Waals surface area contributed by atoms with Crippen molar-refractivity contribution in [1.82, 2.24) is 5.32 Å². The van der Waals surface area contributed by atoms with Crippen molar-refractivity contribution in [2.24, 2.45) is 5.73 Å². The second kappa shape index (κ2) is 8.49. The van der Waals surface area contributed by atoms with E-state index in [2.05, 4.69) is 24.4 Å². The molecule has 2 rings (SSSR count). The maximum Gasteiger partial charge on any atom is 0.241 e. The van der Waals surface area contributed by atoms with Crippen LogP contribution in [0.1, 0.15) is 42.5 Å². The fraction of sp³-hybridized carbons (Fsp3) is 0.350. The average Bonchev–Trinajstić information content (AvgIpc) is 2.56. The molecular weight excluding hydrogens is 284 g/mol. The number of aryl methyl sites for hydroxylation is 1. The van der Waals surface area contributed by atoms with E-state index in [-0.39, 0.29) is 11.9 Å². The fourth-order valence-corrected chi connectivity index (χ4v) is 2.69. The molecular formula is C20H26N2O. The Labute approximate surface area is 138 Å². The monoisotopic (exact) mass is 310 g/mol. The lowest BCUT2D eigenvalue weighted by atomic mass is 10.0. The summed E-state index contributed by atoms with van der Waals surface area (Å²) in [5.74, 6) is -0.108. The van der Waals surface area contributed by atoms with E-state index in [1.54, 1.807) is 0 Å². The van der Waals surface area contributed by atoms with Crippen LogP contribution in [0.4, 0.5) is 0 Å². The van der Waals surface area contributed by atoms with Gasteiger partial charge in [0.05, 0.1) is 0 Å². The Bertz CT molecular complexity index is 607. The predicted molar refractivity (Wildman–Crippen MR) is 95.1 cm³/mol. The molecule has 0 aliphatic heterocycles. The van der Waals surface area contributed by atoms with Crippen LogP contribution in [-0.2, 0) is 11.2 Å². The summed E-state index contributed by atoms with van der Waals surface area (Å²) in [6.07, 6.45) is 2.81. The number of amides is 1. The van der Waals surface area contributed by atoms with Crippen molar-refractivity contribution in [3.05, 3.63) is 71.3 Å². The van der Waals surface area contributed by atoms with Crippen LogP contribution in [0.15, 0.2) is 54.6 Å². The minimum atomic E-state index is -0.620. The van der Waals surface area contributed by atoms with Crippen LogP contribution in [0.3, 0.4) is 0 Å². The number of hydrogen-bond acceptors (Lipinski definition) is 2. The average molecular weight is 310 g/mol. The van der Waals surface area contributed by atoms with Crippen LogP contribution < -0.4 is 11.1 Å². The molecule has 0 bridgehead atoms. The summed E-state index contributed by atoms with van der Waals surface area (Å²) >= 11 is 0. The zero-order chi connectivity index (χ0) is 16.7. The largest absolute Gasteiger partial charge is 0.351 e. The summed E-state index contributed by atoms with van der Waals surface area (Å²) in [6.45, 7) is 4.15. The second-order valence-electron chi connectivity index (χ2n) is 6.07. The van der Waals surface area contributed by atoms with Crippen molar-refractivity contribution in [2.75, 3.05) is 0 Å². The molecule has 2 unspecified atom stereocenters. The molecule has 0 saturated heterocycles. The number of carbonyl (C=O) groups excluding carboxylic acids is 1. The van der Waals surface area contributed by atoms with Crippen LogP contribution in [0.5, 0.6) is 0 Å². The van der Waals surface area contributed by atoms with E-state index in [9.17, 15) is 4.79 Å². The van der Waals surface area contributed by atoms with E-state index in [1.165, 1.54) is 5.56 Å². The molecule has 3 nitrogen and oxygen atoms in total. The summed E-state index contributed by atoms with van der Waals surface area (Å²) in [5.41, 5.74) is 9.36. The van der Waals surface area contributed by atoms with E-state index in [0.29, 0.717) is 0 Å². The van der Waals surface area contributed by atoms with E-state index < -0.39 is 6.04 Å². The number of nitrogens with two attached hydrogens (primary N) is 1. The summed E-state index contributed by atoms with van der Waals surface area (Å²) < 4.78 is 0.